The second-order valence-electron chi connectivity index (χ2n) is 5.83. The van der Waals surface area contributed by atoms with E-state index in [1.807, 2.05) is 32.0 Å². The van der Waals surface area contributed by atoms with Gasteiger partial charge in [0, 0.05) is 4.88 Å². The molecule has 2 aromatic rings. The number of benzene rings is 1. The highest BCUT2D eigenvalue weighted by molar-refractivity contribution is 7.16. The fourth-order valence-corrected chi connectivity index (χ4v) is 3.17. The minimum atomic E-state index is -0.693. The second kappa shape index (κ2) is 8.67. The fourth-order valence-electron chi connectivity index (χ4n) is 2.12. The van der Waals surface area contributed by atoms with Crippen molar-refractivity contribution < 1.29 is 19.1 Å². The van der Waals surface area contributed by atoms with Crippen LogP contribution in [0.15, 0.2) is 36.4 Å². The maximum absolute atomic E-state index is 12.4. The minimum absolute atomic E-state index is 0.252. The van der Waals surface area contributed by atoms with Gasteiger partial charge in [0.2, 0.25) is 0 Å². The smallest absolute Gasteiger partial charge is 0.341 e. The summed E-state index contributed by atoms with van der Waals surface area (Å²) in [4.78, 5) is 25.6. The van der Waals surface area contributed by atoms with Gasteiger partial charge in [-0.05, 0) is 38.0 Å². The van der Waals surface area contributed by atoms with Crippen molar-refractivity contribution in [3.63, 3.8) is 0 Å². The molecule has 1 heterocycles. The first kappa shape index (κ1) is 19.0. The Labute approximate surface area is 152 Å². The van der Waals surface area contributed by atoms with Crippen LogP contribution < -0.4 is 10.1 Å². The van der Waals surface area contributed by atoms with Crippen LogP contribution in [0.3, 0.4) is 0 Å². The number of carbonyl (C=O) groups is 2. The molecule has 6 heteroatoms. The number of nitrogens with one attached hydrogen (secondary N) is 1. The molecule has 0 saturated heterocycles. The lowest BCUT2D eigenvalue weighted by Crippen LogP contribution is -2.30. The summed E-state index contributed by atoms with van der Waals surface area (Å²) in [7, 11) is 0. The summed E-state index contributed by atoms with van der Waals surface area (Å²) in [5.41, 5.74) is 0.385. The standard InChI is InChI=1S/C19H23NO4S/c1-5-23-19(22)15-11-16(12(2)3)25-18(15)20-17(21)13(4)24-14-9-7-6-8-10-14/h6-13H,5H2,1-4H3,(H,20,21)/t13-/m0/s1. The molecular weight excluding hydrogens is 338 g/mol. The molecule has 0 saturated carbocycles. The van der Waals surface area contributed by atoms with Gasteiger partial charge in [-0.3, -0.25) is 4.79 Å². The number of esters is 1. The zero-order valence-corrected chi connectivity index (χ0v) is 15.7. The van der Waals surface area contributed by atoms with Crippen molar-refractivity contribution >= 4 is 28.2 Å². The van der Waals surface area contributed by atoms with Crippen LogP contribution in [0.5, 0.6) is 5.75 Å². The Morgan fingerprint density at radius 3 is 2.44 bits per heavy atom. The number of anilines is 1. The Morgan fingerprint density at radius 2 is 1.84 bits per heavy atom. The summed E-state index contributed by atoms with van der Waals surface area (Å²) in [5.74, 6) is 0.121. The quantitative estimate of drug-likeness (QED) is 0.740. The molecule has 1 amide bonds. The van der Waals surface area contributed by atoms with Crippen molar-refractivity contribution in [2.75, 3.05) is 11.9 Å². The van der Waals surface area contributed by atoms with Gasteiger partial charge in [-0.25, -0.2) is 4.79 Å². The van der Waals surface area contributed by atoms with Gasteiger partial charge in [0.1, 0.15) is 10.8 Å². The van der Waals surface area contributed by atoms with Crippen LogP contribution in [-0.4, -0.2) is 24.6 Å². The summed E-state index contributed by atoms with van der Waals surface area (Å²) < 4.78 is 10.7. The molecule has 1 aromatic heterocycles. The summed E-state index contributed by atoms with van der Waals surface area (Å²) >= 11 is 1.39. The first-order chi connectivity index (χ1) is 11.9. The van der Waals surface area contributed by atoms with E-state index in [9.17, 15) is 9.59 Å². The molecule has 0 aliphatic heterocycles. The second-order valence-corrected chi connectivity index (χ2v) is 6.91. The van der Waals surface area contributed by atoms with Crippen molar-refractivity contribution in [2.24, 2.45) is 0 Å². The van der Waals surface area contributed by atoms with Crippen LogP contribution >= 0.6 is 11.3 Å². The SMILES string of the molecule is CCOC(=O)c1cc(C(C)C)sc1NC(=O)[C@H](C)Oc1ccccc1. The predicted molar refractivity (Wildman–Crippen MR) is 99.5 cm³/mol. The molecule has 1 atom stereocenters. The first-order valence-electron chi connectivity index (χ1n) is 8.25. The van der Waals surface area contributed by atoms with Gasteiger partial charge in [0.15, 0.2) is 6.10 Å². The Hall–Kier alpha value is -2.34. The zero-order chi connectivity index (χ0) is 18.4. The molecule has 0 fully saturated rings. The Bertz CT molecular complexity index is 724. The Balaban J connectivity index is 2.14. The third kappa shape index (κ3) is 5.06. The number of hydrogen-bond acceptors (Lipinski definition) is 5. The van der Waals surface area contributed by atoms with E-state index < -0.39 is 12.1 Å². The van der Waals surface area contributed by atoms with Crippen LogP contribution in [0, 0.1) is 0 Å². The molecule has 0 spiro atoms. The van der Waals surface area contributed by atoms with Gasteiger partial charge in [0.05, 0.1) is 12.2 Å². The van der Waals surface area contributed by atoms with Crippen molar-refractivity contribution in [1.82, 2.24) is 0 Å². The van der Waals surface area contributed by atoms with Crippen LogP contribution in [-0.2, 0) is 9.53 Å². The van der Waals surface area contributed by atoms with Crippen LogP contribution in [0.2, 0.25) is 0 Å². The minimum Gasteiger partial charge on any atom is -0.481 e. The number of rotatable bonds is 7. The summed E-state index contributed by atoms with van der Waals surface area (Å²) in [6.07, 6.45) is -0.693. The van der Waals surface area contributed by atoms with Crippen molar-refractivity contribution in [3.05, 3.63) is 46.8 Å². The molecule has 2 rings (SSSR count). The molecule has 5 nitrogen and oxygen atoms in total. The molecular formula is C19H23NO4S. The largest absolute Gasteiger partial charge is 0.481 e. The highest BCUT2D eigenvalue weighted by Crippen LogP contribution is 2.33. The lowest BCUT2D eigenvalue weighted by atomic mass is 10.1. The number of para-hydroxylation sites is 1. The molecule has 1 N–H and O–H groups in total. The monoisotopic (exact) mass is 361 g/mol. The third-order valence-electron chi connectivity index (χ3n) is 3.48. The van der Waals surface area contributed by atoms with E-state index in [1.54, 1.807) is 32.0 Å². The van der Waals surface area contributed by atoms with Crippen LogP contribution in [0.25, 0.3) is 0 Å². The molecule has 0 radical (unpaired) electrons. The maximum atomic E-state index is 12.4. The van der Waals surface area contributed by atoms with E-state index in [0.29, 0.717) is 16.3 Å². The highest BCUT2D eigenvalue weighted by atomic mass is 32.1. The normalized spacial score (nSPS) is 11.9. The molecule has 0 aliphatic carbocycles. The van der Waals surface area contributed by atoms with E-state index in [2.05, 4.69) is 5.32 Å². The lowest BCUT2D eigenvalue weighted by molar-refractivity contribution is -0.122. The highest BCUT2D eigenvalue weighted by Gasteiger charge is 2.23. The summed E-state index contributed by atoms with van der Waals surface area (Å²) in [5, 5.41) is 3.29. The topological polar surface area (TPSA) is 64.6 Å². The number of ether oxygens (including phenoxy) is 2. The van der Waals surface area contributed by atoms with E-state index in [0.717, 1.165) is 4.88 Å². The number of carbonyl (C=O) groups excluding carboxylic acids is 2. The number of thiophene rings is 1. The van der Waals surface area contributed by atoms with E-state index in [4.69, 9.17) is 9.47 Å². The molecule has 1 aromatic carbocycles. The van der Waals surface area contributed by atoms with Crippen LogP contribution in [0.4, 0.5) is 5.00 Å². The van der Waals surface area contributed by atoms with Crippen LogP contribution in [0.1, 0.15) is 48.8 Å². The summed E-state index contributed by atoms with van der Waals surface area (Å²) in [6, 6.07) is 10.9. The molecule has 0 aliphatic rings. The maximum Gasteiger partial charge on any atom is 0.341 e. The average molecular weight is 361 g/mol. The third-order valence-corrected chi connectivity index (χ3v) is 4.83. The molecule has 25 heavy (non-hydrogen) atoms. The number of amides is 1. The zero-order valence-electron chi connectivity index (χ0n) is 14.9. The first-order valence-corrected chi connectivity index (χ1v) is 9.07. The van der Waals surface area contributed by atoms with Crippen molar-refractivity contribution in [3.8, 4) is 5.75 Å². The van der Waals surface area contributed by atoms with Gasteiger partial charge < -0.3 is 14.8 Å². The average Bonchev–Trinajstić information content (AvgIpc) is 3.00. The summed E-state index contributed by atoms with van der Waals surface area (Å²) in [6.45, 7) is 7.78. The lowest BCUT2D eigenvalue weighted by Gasteiger charge is -2.14. The van der Waals surface area contributed by atoms with Gasteiger partial charge in [-0.2, -0.15) is 0 Å². The molecule has 0 unspecified atom stereocenters. The van der Waals surface area contributed by atoms with Gasteiger partial charge in [-0.15, -0.1) is 11.3 Å². The van der Waals surface area contributed by atoms with E-state index in [1.165, 1.54) is 11.3 Å². The fraction of sp³-hybridized carbons (Fsp3) is 0.368. The molecule has 134 valence electrons. The van der Waals surface area contributed by atoms with Crippen molar-refractivity contribution in [2.45, 2.75) is 39.7 Å². The van der Waals surface area contributed by atoms with Gasteiger partial charge >= 0.3 is 5.97 Å². The molecule has 0 bridgehead atoms. The van der Waals surface area contributed by atoms with Gasteiger partial charge in [0.25, 0.3) is 5.91 Å². The number of hydrogen-bond donors (Lipinski definition) is 1. The van der Waals surface area contributed by atoms with E-state index in [-0.39, 0.29) is 18.4 Å². The Morgan fingerprint density at radius 1 is 1.16 bits per heavy atom. The van der Waals surface area contributed by atoms with E-state index >= 15 is 0 Å². The van der Waals surface area contributed by atoms with Gasteiger partial charge in [-0.1, -0.05) is 32.0 Å². The predicted octanol–water partition coefficient (Wildman–Crippen LogP) is 4.45. The van der Waals surface area contributed by atoms with Crippen molar-refractivity contribution in [1.29, 1.82) is 0 Å². The Kier molecular flexibility index (Phi) is 6.58.